The Morgan fingerprint density at radius 2 is 1.79 bits per heavy atom. The van der Waals surface area contributed by atoms with Crippen LogP contribution >= 0.6 is 0 Å². The highest BCUT2D eigenvalue weighted by Gasteiger charge is 2.15. The van der Waals surface area contributed by atoms with Gasteiger partial charge in [0.05, 0.1) is 11.4 Å². The predicted molar refractivity (Wildman–Crippen MR) is 110 cm³/mol. The molecule has 0 spiro atoms. The molecular weight excluding hydrogens is 350 g/mol. The fourth-order valence-electron chi connectivity index (χ4n) is 2.87. The van der Waals surface area contributed by atoms with Gasteiger partial charge in [0.15, 0.2) is 5.78 Å². The van der Waals surface area contributed by atoms with Crippen molar-refractivity contribution in [1.82, 2.24) is 15.3 Å². The van der Waals surface area contributed by atoms with Crippen LogP contribution in [0.5, 0.6) is 0 Å². The molecule has 5 nitrogen and oxygen atoms in total. The number of amides is 1. The number of aromatic nitrogens is 2. The molecule has 0 unspecified atom stereocenters. The minimum atomic E-state index is -0.191. The third-order valence-electron chi connectivity index (χ3n) is 4.45. The van der Waals surface area contributed by atoms with E-state index < -0.39 is 0 Å². The van der Waals surface area contributed by atoms with Crippen molar-refractivity contribution in [1.29, 1.82) is 0 Å². The molecule has 0 aliphatic heterocycles. The summed E-state index contributed by atoms with van der Waals surface area (Å²) in [6.45, 7) is 4.25. The minimum absolute atomic E-state index is 0.0220. The van der Waals surface area contributed by atoms with Crippen LogP contribution in [0.3, 0.4) is 0 Å². The van der Waals surface area contributed by atoms with Crippen molar-refractivity contribution in [3.05, 3.63) is 72.1 Å². The first kappa shape index (κ1) is 19.4. The summed E-state index contributed by atoms with van der Waals surface area (Å²) in [5.74, 6) is -0.169. The lowest BCUT2D eigenvalue weighted by molar-refractivity contribution is 0.0947. The van der Waals surface area contributed by atoms with Crippen molar-refractivity contribution in [2.75, 3.05) is 6.54 Å². The van der Waals surface area contributed by atoms with Gasteiger partial charge in [-0.25, -0.2) is 4.98 Å². The number of pyridine rings is 2. The van der Waals surface area contributed by atoms with Crippen molar-refractivity contribution in [2.24, 2.45) is 0 Å². The summed E-state index contributed by atoms with van der Waals surface area (Å²) < 4.78 is 0. The standard InChI is InChI=1S/C23H23N3O2/c1-3-4-14-25-23(28)21-13-12-19(18-10-8-17(9-11-18)16(2)27)22(26-21)20-7-5-6-15-24-20/h5-13,15H,3-4,14H2,1-2H3,(H,25,28). The zero-order valence-corrected chi connectivity index (χ0v) is 16.1. The van der Waals surface area contributed by atoms with Crippen molar-refractivity contribution in [2.45, 2.75) is 26.7 Å². The SMILES string of the molecule is CCCCNC(=O)c1ccc(-c2ccc(C(C)=O)cc2)c(-c2ccccn2)n1. The minimum Gasteiger partial charge on any atom is -0.351 e. The molecule has 5 heteroatoms. The van der Waals surface area contributed by atoms with Crippen molar-refractivity contribution in [3.63, 3.8) is 0 Å². The first-order valence-electron chi connectivity index (χ1n) is 9.42. The van der Waals surface area contributed by atoms with Gasteiger partial charge < -0.3 is 5.32 Å². The van der Waals surface area contributed by atoms with Crippen LogP contribution in [0, 0.1) is 0 Å². The van der Waals surface area contributed by atoms with Gasteiger partial charge in [0, 0.05) is 23.9 Å². The van der Waals surface area contributed by atoms with Crippen LogP contribution in [0.4, 0.5) is 0 Å². The van der Waals surface area contributed by atoms with Crippen molar-refractivity contribution in [3.8, 4) is 22.5 Å². The number of nitrogens with zero attached hydrogens (tertiary/aromatic N) is 2. The van der Waals surface area contributed by atoms with Gasteiger partial charge in [-0.2, -0.15) is 0 Å². The van der Waals surface area contributed by atoms with Gasteiger partial charge in [-0.15, -0.1) is 0 Å². The quantitative estimate of drug-likeness (QED) is 0.487. The molecule has 0 saturated carbocycles. The van der Waals surface area contributed by atoms with Gasteiger partial charge in [-0.1, -0.05) is 43.7 Å². The highest BCUT2D eigenvalue weighted by molar-refractivity contribution is 5.96. The zero-order chi connectivity index (χ0) is 19.9. The number of unbranched alkanes of at least 4 members (excludes halogenated alkanes) is 1. The Kier molecular flexibility index (Phi) is 6.27. The predicted octanol–water partition coefficient (Wildman–Crippen LogP) is 4.54. The fourth-order valence-corrected chi connectivity index (χ4v) is 2.87. The van der Waals surface area contributed by atoms with E-state index in [2.05, 4.69) is 22.2 Å². The summed E-state index contributed by atoms with van der Waals surface area (Å²) >= 11 is 0. The molecule has 0 fully saturated rings. The third kappa shape index (κ3) is 4.49. The molecule has 1 amide bonds. The molecule has 0 radical (unpaired) electrons. The summed E-state index contributed by atoms with van der Waals surface area (Å²) in [5.41, 5.74) is 4.12. The number of ketones is 1. The molecule has 2 heterocycles. The molecule has 142 valence electrons. The lowest BCUT2D eigenvalue weighted by Gasteiger charge is -2.11. The second kappa shape index (κ2) is 9.04. The van der Waals surface area contributed by atoms with Gasteiger partial charge in [0.2, 0.25) is 0 Å². The van der Waals surface area contributed by atoms with E-state index in [-0.39, 0.29) is 11.7 Å². The fraction of sp³-hybridized carbons (Fsp3) is 0.217. The first-order valence-corrected chi connectivity index (χ1v) is 9.42. The zero-order valence-electron chi connectivity index (χ0n) is 16.1. The van der Waals surface area contributed by atoms with E-state index in [1.165, 1.54) is 0 Å². The van der Waals surface area contributed by atoms with E-state index in [1.807, 2.05) is 36.4 Å². The molecule has 0 aliphatic carbocycles. The maximum atomic E-state index is 12.4. The normalized spacial score (nSPS) is 10.5. The largest absolute Gasteiger partial charge is 0.351 e. The Hall–Kier alpha value is -3.34. The van der Waals surface area contributed by atoms with Crippen LogP contribution in [0.2, 0.25) is 0 Å². The Bertz CT molecular complexity index is 967. The smallest absolute Gasteiger partial charge is 0.269 e. The molecule has 0 atom stereocenters. The molecule has 28 heavy (non-hydrogen) atoms. The molecule has 2 aromatic heterocycles. The number of hydrogen-bond donors (Lipinski definition) is 1. The van der Waals surface area contributed by atoms with Gasteiger partial charge in [0.25, 0.3) is 5.91 Å². The summed E-state index contributed by atoms with van der Waals surface area (Å²) in [6, 6.07) is 16.6. The van der Waals surface area contributed by atoms with E-state index in [9.17, 15) is 9.59 Å². The molecular formula is C23H23N3O2. The molecule has 0 saturated heterocycles. The maximum Gasteiger partial charge on any atom is 0.269 e. The monoisotopic (exact) mass is 373 g/mol. The number of hydrogen-bond acceptors (Lipinski definition) is 4. The molecule has 3 rings (SSSR count). The van der Waals surface area contributed by atoms with Crippen LogP contribution in [0.25, 0.3) is 22.5 Å². The van der Waals surface area contributed by atoms with Crippen molar-refractivity contribution < 1.29 is 9.59 Å². The van der Waals surface area contributed by atoms with Gasteiger partial charge >= 0.3 is 0 Å². The number of benzene rings is 1. The van der Waals surface area contributed by atoms with Gasteiger partial charge in [0.1, 0.15) is 5.69 Å². The lowest BCUT2D eigenvalue weighted by Crippen LogP contribution is -2.25. The lowest BCUT2D eigenvalue weighted by atomic mass is 9.99. The van der Waals surface area contributed by atoms with E-state index >= 15 is 0 Å². The number of carbonyl (C=O) groups excluding carboxylic acids is 2. The number of nitrogens with one attached hydrogen (secondary N) is 1. The molecule has 1 aromatic carbocycles. The molecule has 3 aromatic rings. The molecule has 1 N–H and O–H groups in total. The molecule has 0 bridgehead atoms. The third-order valence-corrected chi connectivity index (χ3v) is 4.45. The Balaban J connectivity index is 2.02. The highest BCUT2D eigenvalue weighted by atomic mass is 16.1. The summed E-state index contributed by atoms with van der Waals surface area (Å²) in [4.78, 5) is 33.0. The molecule has 0 aliphatic rings. The Morgan fingerprint density at radius 3 is 2.43 bits per heavy atom. The summed E-state index contributed by atoms with van der Waals surface area (Å²) in [5, 5.41) is 2.90. The second-order valence-electron chi connectivity index (χ2n) is 6.55. The second-order valence-corrected chi connectivity index (χ2v) is 6.55. The van der Waals surface area contributed by atoms with E-state index in [0.29, 0.717) is 29.2 Å². The van der Waals surface area contributed by atoms with Crippen molar-refractivity contribution >= 4 is 11.7 Å². The van der Waals surface area contributed by atoms with Gasteiger partial charge in [-0.3, -0.25) is 14.6 Å². The van der Waals surface area contributed by atoms with Crippen LogP contribution in [0.15, 0.2) is 60.8 Å². The highest BCUT2D eigenvalue weighted by Crippen LogP contribution is 2.30. The number of rotatable bonds is 7. The summed E-state index contributed by atoms with van der Waals surface area (Å²) in [6.07, 6.45) is 3.65. The van der Waals surface area contributed by atoms with E-state index in [1.54, 1.807) is 31.3 Å². The summed E-state index contributed by atoms with van der Waals surface area (Å²) in [7, 11) is 0. The topological polar surface area (TPSA) is 72.0 Å². The number of carbonyl (C=O) groups is 2. The van der Waals surface area contributed by atoms with E-state index in [0.717, 1.165) is 24.0 Å². The van der Waals surface area contributed by atoms with Crippen LogP contribution in [0.1, 0.15) is 47.5 Å². The van der Waals surface area contributed by atoms with Crippen LogP contribution in [-0.4, -0.2) is 28.2 Å². The number of Topliss-reactive ketones (excluding diaryl/α,β-unsaturated/α-hetero) is 1. The first-order chi connectivity index (χ1) is 13.6. The van der Waals surface area contributed by atoms with E-state index in [4.69, 9.17) is 0 Å². The average molecular weight is 373 g/mol. The maximum absolute atomic E-state index is 12.4. The Labute approximate surface area is 164 Å². The van der Waals surface area contributed by atoms with Crippen LogP contribution < -0.4 is 5.32 Å². The van der Waals surface area contributed by atoms with Gasteiger partial charge in [-0.05, 0) is 43.2 Å². The average Bonchev–Trinajstić information content (AvgIpc) is 2.74. The van der Waals surface area contributed by atoms with Crippen LogP contribution in [-0.2, 0) is 0 Å². The Morgan fingerprint density at radius 1 is 1.00 bits per heavy atom.